The molecule has 160 valence electrons. The van der Waals surface area contributed by atoms with Crippen molar-refractivity contribution in [3.63, 3.8) is 0 Å². The van der Waals surface area contributed by atoms with E-state index < -0.39 is 0 Å². The van der Waals surface area contributed by atoms with Crippen LogP contribution in [-0.2, 0) is 4.79 Å². The van der Waals surface area contributed by atoms with E-state index in [1.165, 1.54) is 11.8 Å². The number of para-hydroxylation sites is 1. The van der Waals surface area contributed by atoms with Gasteiger partial charge in [-0.15, -0.1) is 10.2 Å². The maximum Gasteiger partial charge on any atom is 0.277 e. The van der Waals surface area contributed by atoms with E-state index in [9.17, 15) is 4.79 Å². The van der Waals surface area contributed by atoms with Gasteiger partial charge in [-0.05, 0) is 31.2 Å². The van der Waals surface area contributed by atoms with E-state index in [0.29, 0.717) is 28.1 Å². The highest BCUT2D eigenvalue weighted by Crippen LogP contribution is 2.36. The van der Waals surface area contributed by atoms with Crippen molar-refractivity contribution in [3.05, 3.63) is 66.2 Å². The highest BCUT2D eigenvalue weighted by Gasteiger charge is 2.16. The van der Waals surface area contributed by atoms with Crippen LogP contribution in [0.1, 0.15) is 5.56 Å². The maximum atomic E-state index is 12.6. The second-order valence-corrected chi connectivity index (χ2v) is 8.15. The lowest BCUT2D eigenvalue weighted by Gasteiger charge is -2.09. The SMILES string of the molecule is COc1cc2c(cc1NC(=O)CSc1nnc(-c3ccc(C)cc3)o1)oc1ccccc12. The predicted molar refractivity (Wildman–Crippen MR) is 124 cm³/mol. The molecule has 1 amide bonds. The van der Waals surface area contributed by atoms with E-state index in [2.05, 4.69) is 15.5 Å². The van der Waals surface area contributed by atoms with E-state index in [1.54, 1.807) is 13.2 Å². The Balaban J connectivity index is 1.30. The summed E-state index contributed by atoms with van der Waals surface area (Å²) in [6.45, 7) is 2.01. The number of hydrogen-bond acceptors (Lipinski definition) is 7. The number of rotatable bonds is 6. The third-order valence-electron chi connectivity index (χ3n) is 5.00. The Hall–Kier alpha value is -3.78. The average Bonchev–Trinajstić information content (AvgIpc) is 3.42. The van der Waals surface area contributed by atoms with Gasteiger partial charge in [0.05, 0.1) is 18.6 Å². The molecule has 0 aliphatic rings. The van der Waals surface area contributed by atoms with Crippen molar-refractivity contribution in [2.24, 2.45) is 0 Å². The van der Waals surface area contributed by atoms with Crippen LogP contribution in [0.2, 0.25) is 0 Å². The van der Waals surface area contributed by atoms with Crippen LogP contribution in [0.25, 0.3) is 33.4 Å². The quantitative estimate of drug-likeness (QED) is 0.336. The number of anilines is 1. The zero-order valence-electron chi connectivity index (χ0n) is 17.4. The van der Waals surface area contributed by atoms with Crippen LogP contribution in [0.4, 0.5) is 5.69 Å². The molecule has 8 heteroatoms. The van der Waals surface area contributed by atoms with Gasteiger partial charge in [-0.3, -0.25) is 4.79 Å². The first-order valence-electron chi connectivity index (χ1n) is 9.93. The molecule has 5 aromatic rings. The molecule has 0 fully saturated rings. The van der Waals surface area contributed by atoms with E-state index >= 15 is 0 Å². The largest absolute Gasteiger partial charge is 0.495 e. The van der Waals surface area contributed by atoms with Crippen molar-refractivity contribution < 1.29 is 18.4 Å². The molecule has 7 nitrogen and oxygen atoms in total. The lowest BCUT2D eigenvalue weighted by atomic mass is 10.1. The molecule has 0 saturated heterocycles. The average molecular weight is 446 g/mol. The predicted octanol–water partition coefficient (Wildman–Crippen LogP) is 5.68. The lowest BCUT2D eigenvalue weighted by molar-refractivity contribution is -0.113. The van der Waals surface area contributed by atoms with Gasteiger partial charge in [0.25, 0.3) is 5.22 Å². The topological polar surface area (TPSA) is 90.4 Å². The van der Waals surface area contributed by atoms with Gasteiger partial charge in [0.15, 0.2) is 0 Å². The summed E-state index contributed by atoms with van der Waals surface area (Å²) >= 11 is 1.17. The number of furan rings is 1. The van der Waals surface area contributed by atoms with Gasteiger partial charge in [-0.2, -0.15) is 0 Å². The molecule has 0 unspecified atom stereocenters. The molecule has 0 aliphatic carbocycles. The number of amides is 1. The maximum absolute atomic E-state index is 12.6. The van der Waals surface area contributed by atoms with Crippen LogP contribution in [0, 0.1) is 6.92 Å². The number of carbonyl (C=O) groups is 1. The monoisotopic (exact) mass is 445 g/mol. The molecule has 0 aliphatic heterocycles. The molecule has 2 heterocycles. The van der Waals surface area contributed by atoms with Crippen LogP contribution in [0.15, 0.2) is 74.7 Å². The summed E-state index contributed by atoms with van der Waals surface area (Å²) in [7, 11) is 1.57. The molecular weight excluding hydrogens is 426 g/mol. The first kappa shape index (κ1) is 20.1. The molecule has 32 heavy (non-hydrogen) atoms. The third-order valence-corrected chi connectivity index (χ3v) is 5.82. The van der Waals surface area contributed by atoms with Crippen molar-refractivity contribution in [1.29, 1.82) is 0 Å². The molecule has 5 rings (SSSR count). The lowest BCUT2D eigenvalue weighted by Crippen LogP contribution is -2.14. The second-order valence-electron chi connectivity index (χ2n) is 7.22. The Morgan fingerprint density at radius 2 is 1.81 bits per heavy atom. The van der Waals surface area contributed by atoms with Crippen molar-refractivity contribution >= 4 is 45.3 Å². The van der Waals surface area contributed by atoms with Crippen molar-refractivity contribution in [3.8, 4) is 17.2 Å². The second kappa shape index (κ2) is 8.39. The van der Waals surface area contributed by atoms with Crippen LogP contribution in [-0.4, -0.2) is 29.0 Å². The summed E-state index contributed by atoms with van der Waals surface area (Å²) in [4.78, 5) is 12.6. The Labute approximate surface area is 187 Å². The summed E-state index contributed by atoms with van der Waals surface area (Å²) in [5, 5.41) is 13.2. The van der Waals surface area contributed by atoms with Crippen molar-refractivity contribution in [2.75, 3.05) is 18.2 Å². The van der Waals surface area contributed by atoms with Crippen LogP contribution in [0.5, 0.6) is 5.75 Å². The number of hydrogen-bond donors (Lipinski definition) is 1. The minimum Gasteiger partial charge on any atom is -0.495 e. The molecule has 0 saturated carbocycles. The van der Waals surface area contributed by atoms with Crippen molar-refractivity contribution in [2.45, 2.75) is 12.1 Å². The zero-order valence-corrected chi connectivity index (χ0v) is 18.2. The molecular formula is C24H19N3O4S. The summed E-state index contributed by atoms with van der Waals surface area (Å²) in [6, 6.07) is 19.2. The molecule has 0 bridgehead atoms. The fourth-order valence-electron chi connectivity index (χ4n) is 3.41. The number of benzene rings is 3. The fraction of sp³-hybridized carbons (Fsp3) is 0.125. The van der Waals surface area contributed by atoms with Gasteiger partial charge in [0.1, 0.15) is 16.9 Å². The molecule has 0 spiro atoms. The number of carbonyl (C=O) groups excluding carboxylic acids is 1. The number of ether oxygens (including phenoxy) is 1. The van der Waals surface area contributed by atoms with Gasteiger partial charge in [0, 0.05) is 22.4 Å². The van der Waals surface area contributed by atoms with Crippen LogP contribution >= 0.6 is 11.8 Å². The highest BCUT2D eigenvalue weighted by molar-refractivity contribution is 7.99. The van der Waals surface area contributed by atoms with Gasteiger partial charge in [-0.1, -0.05) is 47.7 Å². The smallest absolute Gasteiger partial charge is 0.277 e. The van der Waals surface area contributed by atoms with E-state index in [1.807, 2.05) is 61.5 Å². The van der Waals surface area contributed by atoms with Gasteiger partial charge < -0.3 is 18.9 Å². The van der Waals surface area contributed by atoms with Gasteiger partial charge >= 0.3 is 0 Å². The molecule has 2 aromatic heterocycles. The minimum atomic E-state index is -0.223. The number of methoxy groups -OCH3 is 1. The van der Waals surface area contributed by atoms with Gasteiger partial charge in [0.2, 0.25) is 11.8 Å². The zero-order chi connectivity index (χ0) is 22.1. The number of aromatic nitrogens is 2. The summed E-state index contributed by atoms with van der Waals surface area (Å²) < 4.78 is 17.1. The van der Waals surface area contributed by atoms with Gasteiger partial charge in [-0.25, -0.2) is 0 Å². The summed E-state index contributed by atoms with van der Waals surface area (Å²) in [5.41, 5.74) is 3.98. The number of fused-ring (bicyclic) bond motifs is 3. The van der Waals surface area contributed by atoms with Crippen LogP contribution < -0.4 is 10.1 Å². The first-order chi connectivity index (χ1) is 15.6. The number of nitrogens with zero attached hydrogens (tertiary/aromatic N) is 2. The Morgan fingerprint density at radius 1 is 1.00 bits per heavy atom. The number of aryl methyl sites for hydroxylation is 1. The third kappa shape index (κ3) is 3.92. The normalized spacial score (nSPS) is 11.2. The molecule has 1 N–H and O–H groups in total. The van der Waals surface area contributed by atoms with Crippen molar-refractivity contribution in [1.82, 2.24) is 10.2 Å². The van der Waals surface area contributed by atoms with E-state index in [0.717, 1.165) is 27.5 Å². The highest BCUT2D eigenvalue weighted by atomic mass is 32.2. The van der Waals surface area contributed by atoms with E-state index in [4.69, 9.17) is 13.6 Å². The number of thioether (sulfide) groups is 1. The Morgan fingerprint density at radius 3 is 2.62 bits per heavy atom. The standard InChI is InChI=1S/C24H19N3O4S/c1-14-7-9-15(10-8-14)23-26-27-24(31-23)32-13-22(28)25-18-12-20-17(11-21(18)29-2)16-5-3-4-6-19(16)30-20/h3-12H,13H2,1-2H3,(H,25,28). The molecule has 3 aromatic carbocycles. The van der Waals surface area contributed by atoms with Crippen LogP contribution in [0.3, 0.4) is 0 Å². The Kier molecular flexibility index (Phi) is 5.28. The molecule has 0 radical (unpaired) electrons. The summed E-state index contributed by atoms with van der Waals surface area (Å²) in [6.07, 6.45) is 0. The molecule has 0 atom stereocenters. The van der Waals surface area contributed by atoms with E-state index in [-0.39, 0.29) is 11.7 Å². The first-order valence-corrected chi connectivity index (χ1v) is 10.9. The minimum absolute atomic E-state index is 0.108. The fourth-order valence-corrected chi connectivity index (χ4v) is 3.98. The number of nitrogens with one attached hydrogen (secondary N) is 1. The summed E-state index contributed by atoms with van der Waals surface area (Å²) in [5.74, 6) is 0.863. The Bertz CT molecular complexity index is 1420.